The number of nitrogens with two attached hydrogens (primary N) is 4. The molecule has 0 saturated heterocycles. The minimum atomic E-state index is -1.45. The van der Waals surface area contributed by atoms with E-state index in [2.05, 4.69) is 20.9 Å². The molecule has 0 fully saturated rings. The van der Waals surface area contributed by atoms with Crippen LogP contribution in [0, 0.1) is 5.92 Å². The van der Waals surface area contributed by atoms with Crippen molar-refractivity contribution in [1.82, 2.24) is 16.0 Å². The summed E-state index contributed by atoms with van der Waals surface area (Å²) in [4.78, 5) is 65.0. The molecule has 0 heterocycles. The van der Waals surface area contributed by atoms with Gasteiger partial charge in [0.05, 0.1) is 6.04 Å². The van der Waals surface area contributed by atoms with Crippen molar-refractivity contribution in [3.8, 4) is 0 Å². The van der Waals surface area contributed by atoms with E-state index in [-0.39, 0.29) is 25.2 Å². The molecule has 0 aromatic heterocycles. The van der Waals surface area contributed by atoms with E-state index in [0.717, 1.165) is 0 Å². The number of carbonyl (C=O) groups excluding carboxylic acids is 3. The molecule has 0 bridgehead atoms. The summed E-state index contributed by atoms with van der Waals surface area (Å²) < 4.78 is 0. The second kappa shape index (κ2) is 18.7. The molecule has 13 N–H and O–H groups in total. The van der Waals surface area contributed by atoms with E-state index in [1.807, 2.05) is 0 Å². The van der Waals surface area contributed by atoms with Gasteiger partial charge in [-0.25, -0.2) is 4.79 Å². The van der Waals surface area contributed by atoms with Crippen LogP contribution in [0.4, 0.5) is 0 Å². The van der Waals surface area contributed by atoms with E-state index in [0.29, 0.717) is 38.8 Å². The highest BCUT2D eigenvalue weighted by Crippen LogP contribution is 2.11. The third kappa shape index (κ3) is 14.3. The van der Waals surface area contributed by atoms with E-state index in [9.17, 15) is 29.1 Å². The SMILES string of the molecule is CCC(C)C(NC(=O)C(CCCCN)NC(=O)C(N)CCCN=C(N)N)C(=O)NC(CCC(=O)O)C(=O)O. The number of hydrogen-bond donors (Lipinski definition) is 9. The van der Waals surface area contributed by atoms with Gasteiger partial charge in [0.25, 0.3) is 0 Å². The van der Waals surface area contributed by atoms with Crippen molar-refractivity contribution in [1.29, 1.82) is 0 Å². The fourth-order valence-corrected chi connectivity index (χ4v) is 3.43. The zero-order valence-corrected chi connectivity index (χ0v) is 22.2. The summed E-state index contributed by atoms with van der Waals surface area (Å²) in [6.45, 7) is 4.17. The second-order valence-electron chi connectivity index (χ2n) is 9.10. The maximum atomic E-state index is 13.2. The number of guanidine groups is 1. The van der Waals surface area contributed by atoms with Crippen molar-refractivity contribution in [2.24, 2.45) is 33.8 Å². The molecule has 0 aliphatic heterocycles. The normalized spacial score (nSPS) is 14.7. The fraction of sp³-hybridized carbons (Fsp3) is 0.739. The van der Waals surface area contributed by atoms with Crippen molar-refractivity contribution in [3.05, 3.63) is 0 Å². The molecule has 5 unspecified atom stereocenters. The van der Waals surface area contributed by atoms with E-state index in [1.54, 1.807) is 13.8 Å². The first-order chi connectivity index (χ1) is 17.8. The minimum absolute atomic E-state index is 0.0730. The van der Waals surface area contributed by atoms with Gasteiger partial charge >= 0.3 is 11.9 Å². The largest absolute Gasteiger partial charge is 0.481 e. The number of aliphatic carboxylic acids is 2. The average molecular weight is 545 g/mol. The number of amides is 3. The zero-order chi connectivity index (χ0) is 29.3. The number of carboxylic acid groups (broad SMARTS) is 2. The predicted octanol–water partition coefficient (Wildman–Crippen LogP) is -2.05. The van der Waals surface area contributed by atoms with Gasteiger partial charge < -0.3 is 49.1 Å². The number of rotatable bonds is 20. The monoisotopic (exact) mass is 544 g/mol. The van der Waals surface area contributed by atoms with Crippen LogP contribution in [0.25, 0.3) is 0 Å². The van der Waals surface area contributed by atoms with Gasteiger partial charge in [-0.3, -0.25) is 24.2 Å². The molecule has 0 aromatic carbocycles. The summed E-state index contributed by atoms with van der Waals surface area (Å²) in [6, 6.07) is -4.51. The topological polar surface area (TPSA) is 278 Å². The molecule has 0 saturated carbocycles. The highest BCUT2D eigenvalue weighted by atomic mass is 16.4. The number of hydrogen-bond acceptors (Lipinski definition) is 8. The Labute approximate surface area is 222 Å². The number of nitrogens with zero attached hydrogens (tertiary/aromatic N) is 1. The number of nitrogens with one attached hydrogen (secondary N) is 3. The van der Waals surface area contributed by atoms with Crippen LogP contribution in [0.15, 0.2) is 4.99 Å². The third-order valence-corrected chi connectivity index (χ3v) is 5.94. The molecule has 218 valence electrons. The van der Waals surface area contributed by atoms with Gasteiger partial charge in [-0.15, -0.1) is 0 Å². The Morgan fingerprint density at radius 3 is 2.00 bits per heavy atom. The molecule has 15 nitrogen and oxygen atoms in total. The van der Waals surface area contributed by atoms with Gasteiger partial charge in [-0.05, 0) is 51.0 Å². The van der Waals surface area contributed by atoms with Gasteiger partial charge in [0.1, 0.15) is 18.1 Å². The number of unbranched alkanes of at least 4 members (excludes halogenated alkanes) is 1. The Hall–Kier alpha value is -3.46. The van der Waals surface area contributed by atoms with Crippen molar-refractivity contribution in [2.45, 2.75) is 89.4 Å². The number of aliphatic imine (C=N–C) groups is 1. The van der Waals surface area contributed by atoms with Crippen molar-refractivity contribution < 1.29 is 34.2 Å². The van der Waals surface area contributed by atoms with Crippen LogP contribution >= 0.6 is 0 Å². The average Bonchev–Trinajstić information content (AvgIpc) is 2.85. The Bertz CT molecular complexity index is 820. The van der Waals surface area contributed by atoms with Crippen molar-refractivity contribution in [3.63, 3.8) is 0 Å². The van der Waals surface area contributed by atoms with Gasteiger partial charge in [-0.1, -0.05) is 20.3 Å². The van der Waals surface area contributed by atoms with Crippen LogP contribution in [0.3, 0.4) is 0 Å². The molecular weight excluding hydrogens is 500 g/mol. The van der Waals surface area contributed by atoms with Crippen LogP contribution in [-0.4, -0.2) is 83.1 Å². The number of carboxylic acids is 2. The highest BCUT2D eigenvalue weighted by Gasteiger charge is 2.32. The zero-order valence-electron chi connectivity index (χ0n) is 22.2. The van der Waals surface area contributed by atoms with Crippen LogP contribution in [-0.2, 0) is 24.0 Å². The molecule has 5 atom stereocenters. The molecule has 3 amide bonds. The second-order valence-corrected chi connectivity index (χ2v) is 9.10. The first-order valence-electron chi connectivity index (χ1n) is 12.7. The third-order valence-electron chi connectivity index (χ3n) is 5.94. The molecule has 0 spiro atoms. The smallest absolute Gasteiger partial charge is 0.326 e. The van der Waals surface area contributed by atoms with Crippen LogP contribution in [0.1, 0.15) is 65.2 Å². The molecular formula is C23H44N8O7. The van der Waals surface area contributed by atoms with E-state index >= 15 is 0 Å². The fourth-order valence-electron chi connectivity index (χ4n) is 3.43. The Morgan fingerprint density at radius 1 is 0.842 bits per heavy atom. The maximum Gasteiger partial charge on any atom is 0.326 e. The number of carbonyl (C=O) groups is 5. The summed E-state index contributed by atoms with van der Waals surface area (Å²) in [5.41, 5.74) is 22.0. The van der Waals surface area contributed by atoms with Crippen molar-refractivity contribution >= 4 is 35.6 Å². The Balaban J connectivity index is 5.49. The summed E-state index contributed by atoms with van der Waals surface area (Å²) in [5, 5.41) is 25.8. The molecule has 0 aliphatic carbocycles. The lowest BCUT2D eigenvalue weighted by Gasteiger charge is -2.28. The predicted molar refractivity (Wildman–Crippen MR) is 141 cm³/mol. The summed E-state index contributed by atoms with van der Waals surface area (Å²) in [5.74, 6) is -5.04. The quantitative estimate of drug-likeness (QED) is 0.0456. The van der Waals surface area contributed by atoms with Crippen molar-refractivity contribution in [2.75, 3.05) is 13.1 Å². The summed E-state index contributed by atoms with van der Waals surface area (Å²) in [7, 11) is 0. The van der Waals surface area contributed by atoms with E-state index in [4.69, 9.17) is 28.0 Å². The first-order valence-corrected chi connectivity index (χ1v) is 12.7. The molecule has 38 heavy (non-hydrogen) atoms. The van der Waals surface area contributed by atoms with E-state index < -0.39 is 66.2 Å². The summed E-state index contributed by atoms with van der Waals surface area (Å²) in [6.07, 6.45) is 1.75. The molecule has 0 radical (unpaired) electrons. The van der Waals surface area contributed by atoms with Crippen LogP contribution in [0.5, 0.6) is 0 Å². The Morgan fingerprint density at radius 2 is 1.47 bits per heavy atom. The Kier molecular flexibility index (Phi) is 17.0. The molecule has 0 aliphatic rings. The molecule has 0 rings (SSSR count). The lowest BCUT2D eigenvalue weighted by molar-refractivity contribution is -0.143. The minimum Gasteiger partial charge on any atom is -0.481 e. The van der Waals surface area contributed by atoms with Gasteiger partial charge in [0.2, 0.25) is 17.7 Å². The van der Waals surface area contributed by atoms with Gasteiger partial charge in [0, 0.05) is 13.0 Å². The molecule has 15 heteroatoms. The van der Waals surface area contributed by atoms with Crippen LogP contribution in [0.2, 0.25) is 0 Å². The maximum absolute atomic E-state index is 13.2. The first kappa shape index (κ1) is 34.5. The lowest BCUT2D eigenvalue weighted by Crippen LogP contribution is -2.58. The molecule has 0 aromatic rings. The van der Waals surface area contributed by atoms with Crippen LogP contribution < -0.4 is 38.9 Å². The standard InChI is InChI=1S/C23H44N8O7/c1-3-13(2)18(21(36)30-16(22(37)38)9-10-17(32)33)31-20(35)15(8-4-5-11-24)29-19(34)14(25)7-6-12-28-23(26)27/h13-16,18H,3-12,24-25H2,1-2H3,(H,29,34)(H,30,36)(H,31,35)(H,32,33)(H,37,38)(H4,26,27,28). The lowest BCUT2D eigenvalue weighted by atomic mass is 9.96. The van der Waals surface area contributed by atoms with E-state index in [1.165, 1.54) is 0 Å². The van der Waals surface area contributed by atoms with Gasteiger partial charge in [-0.2, -0.15) is 0 Å². The summed E-state index contributed by atoms with van der Waals surface area (Å²) >= 11 is 0. The highest BCUT2D eigenvalue weighted by molar-refractivity contribution is 5.94. The van der Waals surface area contributed by atoms with Gasteiger partial charge in [0.15, 0.2) is 5.96 Å².